The van der Waals surface area contributed by atoms with Gasteiger partial charge in [-0.1, -0.05) is 31.7 Å². The molecule has 2 rings (SSSR count). The van der Waals surface area contributed by atoms with Crippen molar-refractivity contribution in [3.63, 3.8) is 0 Å². The molecule has 0 saturated heterocycles. The monoisotopic (exact) mass is 305 g/mol. The number of carbonyl (C=O) groups is 1. The maximum atomic E-state index is 12.1. The van der Waals surface area contributed by atoms with Crippen LogP contribution in [0.3, 0.4) is 0 Å². The van der Waals surface area contributed by atoms with Crippen molar-refractivity contribution in [1.82, 2.24) is 5.32 Å². The van der Waals surface area contributed by atoms with E-state index in [-0.39, 0.29) is 11.9 Å². The molecule has 22 heavy (non-hydrogen) atoms. The van der Waals surface area contributed by atoms with Gasteiger partial charge < -0.3 is 14.8 Å². The Labute approximate surface area is 133 Å². The van der Waals surface area contributed by atoms with Crippen molar-refractivity contribution < 1.29 is 14.3 Å². The second-order valence-corrected chi connectivity index (χ2v) is 6.09. The maximum Gasteiger partial charge on any atom is 0.220 e. The van der Waals surface area contributed by atoms with E-state index >= 15 is 0 Å². The summed E-state index contributed by atoms with van der Waals surface area (Å²) in [5, 5.41) is 3.07. The third-order valence-corrected chi connectivity index (χ3v) is 4.54. The van der Waals surface area contributed by atoms with Gasteiger partial charge in [-0.15, -0.1) is 0 Å². The molecule has 1 atom stereocenters. The molecule has 122 valence electrons. The Hall–Kier alpha value is -1.71. The van der Waals surface area contributed by atoms with Gasteiger partial charge in [-0.3, -0.25) is 4.79 Å². The van der Waals surface area contributed by atoms with Crippen LogP contribution in [0.25, 0.3) is 0 Å². The van der Waals surface area contributed by atoms with E-state index < -0.39 is 0 Å². The van der Waals surface area contributed by atoms with Gasteiger partial charge in [0, 0.05) is 6.42 Å². The van der Waals surface area contributed by atoms with Crippen LogP contribution in [-0.4, -0.2) is 20.1 Å². The minimum Gasteiger partial charge on any atom is -0.493 e. The zero-order chi connectivity index (χ0) is 15.9. The summed E-state index contributed by atoms with van der Waals surface area (Å²) in [6.45, 7) is 1.99. The molecule has 1 aromatic rings. The minimum absolute atomic E-state index is 0.0316. The summed E-state index contributed by atoms with van der Waals surface area (Å²) in [4.78, 5) is 12.1. The Morgan fingerprint density at radius 3 is 2.55 bits per heavy atom. The van der Waals surface area contributed by atoms with Crippen LogP contribution in [0.5, 0.6) is 11.5 Å². The molecule has 1 saturated carbocycles. The van der Waals surface area contributed by atoms with Crippen molar-refractivity contribution in [2.24, 2.45) is 5.92 Å². The molecular formula is C18H27NO3. The van der Waals surface area contributed by atoms with E-state index in [0.29, 0.717) is 17.9 Å². The Balaban J connectivity index is 1.87. The average Bonchev–Trinajstić information content (AvgIpc) is 3.05. The number of benzene rings is 1. The molecule has 4 nitrogen and oxygen atoms in total. The Morgan fingerprint density at radius 1 is 1.23 bits per heavy atom. The van der Waals surface area contributed by atoms with Crippen LogP contribution in [-0.2, 0) is 4.79 Å². The SMILES string of the molecule is COc1ccc([C@@H](C)NC(=O)CCC2CCCC2)cc1OC. The molecule has 1 aromatic carbocycles. The summed E-state index contributed by atoms with van der Waals surface area (Å²) in [5.74, 6) is 2.27. The van der Waals surface area contributed by atoms with Crippen LogP contribution in [0.1, 0.15) is 57.1 Å². The lowest BCUT2D eigenvalue weighted by molar-refractivity contribution is -0.122. The number of carbonyl (C=O) groups excluding carboxylic acids is 1. The Morgan fingerprint density at radius 2 is 1.91 bits per heavy atom. The molecule has 1 N–H and O–H groups in total. The molecule has 0 aromatic heterocycles. The van der Waals surface area contributed by atoms with E-state index in [1.54, 1.807) is 14.2 Å². The third-order valence-electron chi connectivity index (χ3n) is 4.54. The molecule has 0 heterocycles. The van der Waals surface area contributed by atoms with Crippen molar-refractivity contribution in [3.8, 4) is 11.5 Å². The quantitative estimate of drug-likeness (QED) is 0.832. The standard InChI is InChI=1S/C18H27NO3/c1-13(15-9-10-16(21-2)17(12-15)22-3)19-18(20)11-8-14-6-4-5-7-14/h9-10,12-14H,4-8,11H2,1-3H3,(H,19,20)/t13-/m1/s1. The van der Waals surface area contributed by atoms with Crippen molar-refractivity contribution in [1.29, 1.82) is 0 Å². The Bertz CT molecular complexity index is 495. The molecule has 0 bridgehead atoms. The van der Waals surface area contributed by atoms with E-state index in [0.717, 1.165) is 17.9 Å². The highest BCUT2D eigenvalue weighted by Crippen LogP contribution is 2.30. The van der Waals surface area contributed by atoms with Gasteiger partial charge in [-0.05, 0) is 37.0 Å². The summed E-state index contributed by atoms with van der Waals surface area (Å²) < 4.78 is 10.5. The largest absolute Gasteiger partial charge is 0.493 e. The number of nitrogens with one attached hydrogen (secondary N) is 1. The predicted octanol–water partition coefficient (Wildman–Crippen LogP) is 3.85. The maximum absolute atomic E-state index is 12.1. The topological polar surface area (TPSA) is 47.6 Å². The van der Waals surface area contributed by atoms with Gasteiger partial charge in [-0.2, -0.15) is 0 Å². The summed E-state index contributed by atoms with van der Waals surface area (Å²) in [7, 11) is 3.23. The zero-order valence-corrected chi connectivity index (χ0v) is 13.9. The van der Waals surface area contributed by atoms with Gasteiger partial charge in [0.25, 0.3) is 0 Å². The first-order chi connectivity index (χ1) is 10.6. The van der Waals surface area contributed by atoms with Gasteiger partial charge in [0.2, 0.25) is 5.91 Å². The second-order valence-electron chi connectivity index (χ2n) is 6.09. The number of amides is 1. The molecule has 1 aliphatic carbocycles. The smallest absolute Gasteiger partial charge is 0.220 e. The lowest BCUT2D eigenvalue weighted by Gasteiger charge is -2.17. The lowest BCUT2D eigenvalue weighted by atomic mass is 10.0. The van der Waals surface area contributed by atoms with Crippen LogP contribution >= 0.6 is 0 Å². The molecule has 4 heteroatoms. The number of hydrogen-bond acceptors (Lipinski definition) is 3. The van der Waals surface area contributed by atoms with E-state index in [4.69, 9.17) is 9.47 Å². The van der Waals surface area contributed by atoms with Gasteiger partial charge in [0.1, 0.15) is 0 Å². The van der Waals surface area contributed by atoms with E-state index in [9.17, 15) is 4.79 Å². The van der Waals surface area contributed by atoms with Crippen molar-refractivity contribution in [2.75, 3.05) is 14.2 Å². The van der Waals surface area contributed by atoms with Gasteiger partial charge in [0.15, 0.2) is 11.5 Å². The summed E-state index contributed by atoms with van der Waals surface area (Å²) in [6.07, 6.45) is 6.88. The van der Waals surface area contributed by atoms with E-state index in [1.807, 2.05) is 25.1 Å². The Kier molecular flexibility index (Phi) is 6.10. The van der Waals surface area contributed by atoms with Gasteiger partial charge in [0.05, 0.1) is 20.3 Å². The second kappa shape index (κ2) is 8.06. The van der Waals surface area contributed by atoms with Crippen molar-refractivity contribution in [3.05, 3.63) is 23.8 Å². The molecule has 0 radical (unpaired) electrons. The molecule has 1 amide bonds. The third kappa shape index (κ3) is 4.39. The van der Waals surface area contributed by atoms with Crippen LogP contribution < -0.4 is 14.8 Å². The number of ether oxygens (including phenoxy) is 2. The number of rotatable bonds is 7. The summed E-state index contributed by atoms with van der Waals surface area (Å²) in [6, 6.07) is 5.72. The minimum atomic E-state index is -0.0316. The van der Waals surface area contributed by atoms with Gasteiger partial charge in [-0.25, -0.2) is 0 Å². The number of methoxy groups -OCH3 is 2. The fraction of sp³-hybridized carbons (Fsp3) is 0.611. The van der Waals surface area contributed by atoms with Crippen molar-refractivity contribution >= 4 is 5.91 Å². The normalized spacial score (nSPS) is 16.3. The highest BCUT2D eigenvalue weighted by molar-refractivity contribution is 5.76. The van der Waals surface area contributed by atoms with Gasteiger partial charge >= 0.3 is 0 Å². The van der Waals surface area contributed by atoms with E-state index in [1.165, 1.54) is 25.7 Å². The van der Waals surface area contributed by atoms with Crippen LogP contribution in [0.15, 0.2) is 18.2 Å². The first kappa shape index (κ1) is 16.7. The highest BCUT2D eigenvalue weighted by atomic mass is 16.5. The van der Waals surface area contributed by atoms with Crippen LogP contribution in [0.2, 0.25) is 0 Å². The summed E-state index contributed by atoms with van der Waals surface area (Å²) >= 11 is 0. The summed E-state index contributed by atoms with van der Waals surface area (Å²) in [5.41, 5.74) is 1.02. The predicted molar refractivity (Wildman–Crippen MR) is 87.3 cm³/mol. The fourth-order valence-electron chi connectivity index (χ4n) is 3.15. The number of hydrogen-bond donors (Lipinski definition) is 1. The first-order valence-corrected chi connectivity index (χ1v) is 8.15. The molecule has 0 unspecified atom stereocenters. The fourth-order valence-corrected chi connectivity index (χ4v) is 3.15. The first-order valence-electron chi connectivity index (χ1n) is 8.15. The average molecular weight is 305 g/mol. The van der Waals surface area contributed by atoms with Crippen molar-refractivity contribution in [2.45, 2.75) is 51.5 Å². The molecular weight excluding hydrogens is 278 g/mol. The lowest BCUT2D eigenvalue weighted by Crippen LogP contribution is -2.26. The van der Waals surface area contributed by atoms with Crippen LogP contribution in [0, 0.1) is 5.92 Å². The zero-order valence-electron chi connectivity index (χ0n) is 13.9. The van der Waals surface area contributed by atoms with E-state index in [2.05, 4.69) is 5.32 Å². The molecule has 1 fully saturated rings. The highest BCUT2D eigenvalue weighted by Gasteiger charge is 2.17. The molecule has 0 spiro atoms. The van der Waals surface area contributed by atoms with Crippen LogP contribution in [0.4, 0.5) is 0 Å². The molecule has 1 aliphatic rings. The molecule has 0 aliphatic heterocycles.